The van der Waals surface area contributed by atoms with Crippen molar-refractivity contribution >= 4 is 46.4 Å². The van der Waals surface area contributed by atoms with Crippen LogP contribution in [0.25, 0.3) is 0 Å². The molecular weight excluding hydrogens is 389 g/mol. The summed E-state index contributed by atoms with van der Waals surface area (Å²) in [6.45, 7) is 3.13. The van der Waals surface area contributed by atoms with E-state index in [1.165, 1.54) is 0 Å². The smallest absolute Gasteiger partial charge is 0.258 e. The Balaban J connectivity index is 1.57. The number of nitrogens with zero attached hydrogens (tertiary/aromatic N) is 1. The summed E-state index contributed by atoms with van der Waals surface area (Å²) in [5.41, 5.74) is 1.45. The predicted octanol–water partition coefficient (Wildman–Crippen LogP) is 3.52. The molecule has 2 aromatic rings. The highest BCUT2D eigenvalue weighted by atomic mass is 35.5. The molecule has 3 rings (SSSR count). The second-order valence-electron chi connectivity index (χ2n) is 6.06. The van der Waals surface area contributed by atoms with Gasteiger partial charge >= 0.3 is 0 Å². The molecule has 0 atom stereocenters. The van der Waals surface area contributed by atoms with Crippen molar-refractivity contribution < 1.29 is 14.3 Å². The Bertz CT molecular complexity index is 801. The lowest BCUT2D eigenvalue weighted by Gasteiger charge is -2.25. The van der Waals surface area contributed by atoms with Crippen LogP contribution in [0.4, 0.5) is 11.4 Å². The number of anilines is 2. The molecule has 6 nitrogen and oxygen atoms in total. The van der Waals surface area contributed by atoms with E-state index in [1.807, 2.05) is 4.90 Å². The number of ether oxygens (including phenoxy) is 1. The van der Waals surface area contributed by atoms with Crippen molar-refractivity contribution in [3.63, 3.8) is 0 Å². The number of hydrogen-bond donors (Lipinski definition) is 2. The molecule has 142 valence electrons. The second-order valence-corrected chi connectivity index (χ2v) is 6.88. The van der Waals surface area contributed by atoms with Crippen LogP contribution in [0.5, 0.6) is 0 Å². The lowest BCUT2D eigenvalue weighted by Crippen LogP contribution is -2.41. The number of carbonyl (C=O) groups excluding carboxylic acids is 2. The number of nitrogens with one attached hydrogen (secondary N) is 2. The van der Waals surface area contributed by atoms with Gasteiger partial charge in [0.15, 0.2) is 0 Å². The lowest BCUT2D eigenvalue weighted by molar-refractivity contribution is -0.118. The van der Waals surface area contributed by atoms with Crippen LogP contribution < -0.4 is 10.6 Å². The van der Waals surface area contributed by atoms with Crippen LogP contribution in [0.15, 0.2) is 42.5 Å². The van der Waals surface area contributed by atoms with Crippen LogP contribution in [0.1, 0.15) is 10.4 Å². The van der Waals surface area contributed by atoms with Gasteiger partial charge in [0.2, 0.25) is 5.91 Å². The Labute approximate surface area is 167 Å². The molecule has 1 fully saturated rings. The molecule has 0 unspecified atom stereocenters. The van der Waals surface area contributed by atoms with E-state index in [0.717, 1.165) is 13.1 Å². The highest BCUT2D eigenvalue weighted by Gasteiger charge is 2.16. The lowest BCUT2D eigenvalue weighted by atomic mass is 10.2. The van der Waals surface area contributed by atoms with Gasteiger partial charge in [0.05, 0.1) is 35.4 Å². The van der Waals surface area contributed by atoms with Crippen molar-refractivity contribution in [1.82, 2.24) is 4.90 Å². The fourth-order valence-electron chi connectivity index (χ4n) is 2.71. The van der Waals surface area contributed by atoms with E-state index < -0.39 is 5.91 Å². The highest BCUT2D eigenvalue weighted by molar-refractivity contribution is 6.40. The number of halogens is 2. The van der Waals surface area contributed by atoms with E-state index in [4.69, 9.17) is 27.9 Å². The summed E-state index contributed by atoms with van der Waals surface area (Å²) in [7, 11) is 0. The zero-order valence-corrected chi connectivity index (χ0v) is 16.0. The fourth-order valence-corrected chi connectivity index (χ4v) is 3.28. The zero-order valence-electron chi connectivity index (χ0n) is 14.5. The van der Waals surface area contributed by atoms with Crippen molar-refractivity contribution in [2.75, 3.05) is 43.5 Å². The maximum absolute atomic E-state index is 12.4. The van der Waals surface area contributed by atoms with Crippen molar-refractivity contribution in [2.24, 2.45) is 0 Å². The number of rotatable bonds is 5. The first kappa shape index (κ1) is 19.6. The van der Waals surface area contributed by atoms with E-state index in [0.29, 0.717) is 31.1 Å². The van der Waals surface area contributed by atoms with Gasteiger partial charge in [-0.3, -0.25) is 14.5 Å². The summed E-state index contributed by atoms with van der Waals surface area (Å²) >= 11 is 12.1. The molecule has 0 spiro atoms. The topological polar surface area (TPSA) is 70.7 Å². The first-order valence-electron chi connectivity index (χ1n) is 8.48. The summed E-state index contributed by atoms with van der Waals surface area (Å²) in [6, 6.07) is 11.7. The van der Waals surface area contributed by atoms with Gasteiger partial charge in [-0.2, -0.15) is 0 Å². The molecule has 2 N–H and O–H groups in total. The van der Waals surface area contributed by atoms with Crippen molar-refractivity contribution in [2.45, 2.75) is 0 Å². The summed E-state index contributed by atoms with van der Waals surface area (Å²) < 4.78 is 5.27. The normalized spacial score (nSPS) is 14.6. The van der Waals surface area contributed by atoms with Gasteiger partial charge in [-0.05, 0) is 36.4 Å². The maximum atomic E-state index is 12.4. The molecule has 0 radical (unpaired) electrons. The Hall–Kier alpha value is -2.12. The minimum atomic E-state index is -0.394. The summed E-state index contributed by atoms with van der Waals surface area (Å²) in [4.78, 5) is 26.5. The average Bonchev–Trinajstić information content (AvgIpc) is 2.64. The number of amides is 2. The minimum Gasteiger partial charge on any atom is -0.379 e. The zero-order chi connectivity index (χ0) is 19.2. The molecule has 1 saturated heterocycles. The van der Waals surface area contributed by atoms with Gasteiger partial charge in [0, 0.05) is 24.5 Å². The van der Waals surface area contributed by atoms with Crippen molar-refractivity contribution in [1.29, 1.82) is 0 Å². The number of hydrogen-bond acceptors (Lipinski definition) is 4. The number of morpholine rings is 1. The van der Waals surface area contributed by atoms with E-state index in [1.54, 1.807) is 42.5 Å². The predicted molar refractivity (Wildman–Crippen MR) is 107 cm³/mol. The van der Waals surface area contributed by atoms with Crippen LogP contribution in [0, 0.1) is 0 Å². The van der Waals surface area contributed by atoms with E-state index in [2.05, 4.69) is 10.6 Å². The molecule has 2 aromatic carbocycles. The van der Waals surface area contributed by atoms with Crippen LogP contribution in [-0.4, -0.2) is 49.6 Å². The average molecular weight is 408 g/mol. The third-order valence-electron chi connectivity index (χ3n) is 4.09. The number of carbonyl (C=O) groups is 2. The second kappa shape index (κ2) is 9.19. The molecule has 27 heavy (non-hydrogen) atoms. The first-order chi connectivity index (χ1) is 13.0. The van der Waals surface area contributed by atoms with Gasteiger partial charge in [-0.1, -0.05) is 29.3 Å². The summed E-state index contributed by atoms with van der Waals surface area (Å²) in [5, 5.41) is 6.16. The molecule has 0 aromatic heterocycles. The highest BCUT2D eigenvalue weighted by Crippen LogP contribution is 2.25. The molecule has 0 aliphatic carbocycles. The molecule has 1 heterocycles. The standard InChI is InChI=1S/C19H19Cl2N3O3/c20-15-2-1-3-16(21)18(15)19(26)23-14-6-4-13(5-7-14)22-17(25)12-24-8-10-27-11-9-24/h1-7H,8-12H2,(H,22,25)(H,23,26). The van der Waals surface area contributed by atoms with Crippen molar-refractivity contribution in [3.05, 3.63) is 58.1 Å². The van der Waals surface area contributed by atoms with E-state index >= 15 is 0 Å². The minimum absolute atomic E-state index is 0.0865. The Morgan fingerprint density at radius 2 is 1.48 bits per heavy atom. The molecule has 0 bridgehead atoms. The summed E-state index contributed by atoms with van der Waals surface area (Å²) in [6.07, 6.45) is 0. The molecular formula is C19H19Cl2N3O3. The van der Waals surface area contributed by atoms with Crippen LogP contribution in [0.2, 0.25) is 10.0 Å². The Morgan fingerprint density at radius 1 is 0.926 bits per heavy atom. The quantitative estimate of drug-likeness (QED) is 0.795. The number of benzene rings is 2. The Morgan fingerprint density at radius 3 is 2.07 bits per heavy atom. The monoisotopic (exact) mass is 407 g/mol. The first-order valence-corrected chi connectivity index (χ1v) is 9.24. The van der Waals surface area contributed by atoms with Gasteiger partial charge in [0.1, 0.15) is 0 Å². The molecule has 0 saturated carbocycles. The fraction of sp³-hybridized carbons (Fsp3) is 0.263. The van der Waals surface area contributed by atoms with E-state index in [-0.39, 0.29) is 21.5 Å². The molecule has 8 heteroatoms. The Kier molecular flexibility index (Phi) is 6.68. The molecule has 1 aliphatic rings. The maximum Gasteiger partial charge on any atom is 0.258 e. The SMILES string of the molecule is O=C(CN1CCOCC1)Nc1ccc(NC(=O)c2c(Cl)cccc2Cl)cc1. The van der Waals surface area contributed by atoms with E-state index in [9.17, 15) is 9.59 Å². The molecule has 2 amide bonds. The third kappa shape index (κ3) is 5.43. The summed E-state index contributed by atoms with van der Waals surface area (Å²) in [5.74, 6) is -0.480. The van der Waals surface area contributed by atoms with Crippen LogP contribution in [0.3, 0.4) is 0 Å². The molecule has 1 aliphatic heterocycles. The van der Waals surface area contributed by atoms with Crippen LogP contribution in [-0.2, 0) is 9.53 Å². The van der Waals surface area contributed by atoms with Crippen LogP contribution >= 0.6 is 23.2 Å². The van der Waals surface area contributed by atoms with Gasteiger partial charge < -0.3 is 15.4 Å². The largest absolute Gasteiger partial charge is 0.379 e. The third-order valence-corrected chi connectivity index (χ3v) is 4.72. The van der Waals surface area contributed by atoms with Crippen molar-refractivity contribution in [3.8, 4) is 0 Å². The van der Waals surface area contributed by atoms with Gasteiger partial charge in [-0.25, -0.2) is 0 Å². The van der Waals surface area contributed by atoms with Gasteiger partial charge in [0.25, 0.3) is 5.91 Å². The van der Waals surface area contributed by atoms with Gasteiger partial charge in [-0.15, -0.1) is 0 Å².